The molecule has 0 aliphatic rings. The van der Waals surface area contributed by atoms with E-state index in [1.54, 1.807) is 6.07 Å². The number of furan rings is 2. The maximum atomic E-state index is 13.3. The highest BCUT2D eigenvalue weighted by Crippen LogP contribution is 2.32. The molecular formula is C15H14FNO2. The van der Waals surface area contributed by atoms with Gasteiger partial charge in [-0.25, -0.2) is 4.39 Å². The van der Waals surface area contributed by atoms with Crippen molar-refractivity contribution in [1.82, 2.24) is 0 Å². The van der Waals surface area contributed by atoms with Crippen LogP contribution in [-0.4, -0.2) is 0 Å². The second kappa shape index (κ2) is 4.24. The van der Waals surface area contributed by atoms with Crippen LogP contribution in [0.2, 0.25) is 0 Å². The first-order valence-corrected chi connectivity index (χ1v) is 6.06. The topological polar surface area (TPSA) is 52.3 Å². The van der Waals surface area contributed by atoms with Gasteiger partial charge < -0.3 is 14.6 Å². The van der Waals surface area contributed by atoms with E-state index in [0.717, 1.165) is 16.7 Å². The van der Waals surface area contributed by atoms with Crippen LogP contribution in [0.1, 0.15) is 28.9 Å². The van der Waals surface area contributed by atoms with Gasteiger partial charge in [-0.2, -0.15) is 0 Å². The minimum Gasteiger partial charge on any atom is -0.464 e. The minimum atomic E-state index is -0.482. The molecule has 0 spiro atoms. The van der Waals surface area contributed by atoms with Crippen LogP contribution in [0.25, 0.3) is 11.0 Å². The molecule has 0 aliphatic heterocycles. The van der Waals surface area contributed by atoms with Gasteiger partial charge in [0.05, 0.1) is 0 Å². The van der Waals surface area contributed by atoms with E-state index in [4.69, 9.17) is 14.6 Å². The van der Waals surface area contributed by atoms with E-state index < -0.39 is 6.04 Å². The highest BCUT2D eigenvalue weighted by Gasteiger charge is 2.21. The van der Waals surface area contributed by atoms with Crippen molar-refractivity contribution in [1.29, 1.82) is 0 Å². The largest absolute Gasteiger partial charge is 0.464 e. The third-order valence-electron chi connectivity index (χ3n) is 3.29. The van der Waals surface area contributed by atoms with Gasteiger partial charge in [0.25, 0.3) is 0 Å². The molecule has 3 aromatic rings. The van der Waals surface area contributed by atoms with Gasteiger partial charge in [-0.3, -0.25) is 0 Å². The van der Waals surface area contributed by atoms with Gasteiger partial charge in [0.1, 0.15) is 34.7 Å². The molecule has 0 aliphatic carbocycles. The van der Waals surface area contributed by atoms with Gasteiger partial charge in [-0.1, -0.05) is 0 Å². The number of fused-ring (bicyclic) bond motifs is 1. The Morgan fingerprint density at radius 3 is 2.58 bits per heavy atom. The molecule has 0 bridgehead atoms. The third-order valence-corrected chi connectivity index (χ3v) is 3.29. The Bertz CT molecular complexity index is 742. The zero-order valence-electron chi connectivity index (χ0n) is 10.7. The lowest BCUT2D eigenvalue weighted by molar-refractivity contribution is 0.430. The number of rotatable bonds is 2. The van der Waals surface area contributed by atoms with Crippen molar-refractivity contribution in [2.75, 3.05) is 0 Å². The molecule has 1 aromatic carbocycles. The Morgan fingerprint density at radius 1 is 1.11 bits per heavy atom. The van der Waals surface area contributed by atoms with Crippen LogP contribution < -0.4 is 5.73 Å². The van der Waals surface area contributed by atoms with Crippen LogP contribution in [0, 0.1) is 19.7 Å². The van der Waals surface area contributed by atoms with Crippen molar-refractivity contribution in [3.8, 4) is 0 Å². The first-order valence-electron chi connectivity index (χ1n) is 6.06. The zero-order chi connectivity index (χ0) is 13.6. The Morgan fingerprint density at radius 2 is 1.89 bits per heavy atom. The normalized spacial score (nSPS) is 13.1. The van der Waals surface area contributed by atoms with Crippen LogP contribution in [0.15, 0.2) is 39.2 Å². The first-order chi connectivity index (χ1) is 9.06. The van der Waals surface area contributed by atoms with Gasteiger partial charge in [0.2, 0.25) is 0 Å². The summed E-state index contributed by atoms with van der Waals surface area (Å²) in [5.74, 6) is 1.76. The summed E-state index contributed by atoms with van der Waals surface area (Å²) < 4.78 is 24.5. The van der Waals surface area contributed by atoms with Crippen molar-refractivity contribution in [3.05, 3.63) is 59.0 Å². The summed E-state index contributed by atoms with van der Waals surface area (Å²) in [6, 6.07) is 7.64. The van der Waals surface area contributed by atoms with E-state index in [9.17, 15) is 4.39 Å². The van der Waals surface area contributed by atoms with Crippen LogP contribution in [0.5, 0.6) is 0 Å². The lowest BCUT2D eigenvalue weighted by Crippen LogP contribution is -2.11. The molecular weight excluding hydrogens is 245 g/mol. The number of aryl methyl sites for hydroxylation is 2. The lowest BCUT2D eigenvalue weighted by Gasteiger charge is -2.06. The molecule has 1 atom stereocenters. The van der Waals surface area contributed by atoms with Gasteiger partial charge >= 0.3 is 0 Å². The summed E-state index contributed by atoms with van der Waals surface area (Å²) in [5.41, 5.74) is 7.63. The first kappa shape index (κ1) is 12.0. The number of halogens is 1. The molecule has 2 heterocycles. The highest BCUT2D eigenvalue weighted by molar-refractivity contribution is 5.82. The Hall–Kier alpha value is -2.07. The average molecular weight is 259 g/mol. The van der Waals surface area contributed by atoms with Crippen LogP contribution in [0.3, 0.4) is 0 Å². The molecule has 2 N–H and O–H groups in total. The third kappa shape index (κ3) is 1.94. The smallest absolute Gasteiger partial charge is 0.134 e. The Kier molecular flexibility index (Phi) is 2.68. The maximum Gasteiger partial charge on any atom is 0.134 e. The van der Waals surface area contributed by atoms with Crippen LogP contribution in [-0.2, 0) is 0 Å². The fraction of sp³-hybridized carbons (Fsp3) is 0.200. The van der Waals surface area contributed by atoms with E-state index in [0.29, 0.717) is 17.1 Å². The van der Waals surface area contributed by atoms with E-state index in [2.05, 4.69) is 0 Å². The molecule has 0 amide bonds. The van der Waals surface area contributed by atoms with Gasteiger partial charge in [-0.15, -0.1) is 0 Å². The van der Waals surface area contributed by atoms with Crippen molar-refractivity contribution in [2.45, 2.75) is 19.9 Å². The van der Waals surface area contributed by atoms with Gasteiger partial charge in [-0.05, 0) is 44.2 Å². The van der Waals surface area contributed by atoms with Crippen molar-refractivity contribution >= 4 is 11.0 Å². The molecule has 98 valence electrons. The summed E-state index contributed by atoms with van der Waals surface area (Å²) in [4.78, 5) is 0. The summed E-state index contributed by atoms with van der Waals surface area (Å²) in [5, 5.41) is 0.744. The fourth-order valence-corrected chi connectivity index (χ4v) is 2.26. The highest BCUT2D eigenvalue weighted by atomic mass is 19.1. The molecule has 4 heteroatoms. The number of benzene rings is 1. The van der Waals surface area contributed by atoms with E-state index >= 15 is 0 Å². The Balaban J connectivity index is 2.12. The molecule has 19 heavy (non-hydrogen) atoms. The molecule has 0 saturated carbocycles. The monoisotopic (exact) mass is 259 g/mol. The van der Waals surface area contributed by atoms with Crippen molar-refractivity contribution in [3.63, 3.8) is 0 Å². The van der Waals surface area contributed by atoms with E-state index in [1.807, 2.05) is 26.0 Å². The number of nitrogens with two attached hydrogens (primary N) is 1. The summed E-state index contributed by atoms with van der Waals surface area (Å²) >= 11 is 0. The zero-order valence-corrected chi connectivity index (χ0v) is 10.7. The number of hydrogen-bond acceptors (Lipinski definition) is 3. The summed E-state index contributed by atoms with van der Waals surface area (Å²) in [6.45, 7) is 3.73. The van der Waals surface area contributed by atoms with Crippen molar-refractivity contribution < 1.29 is 13.2 Å². The molecule has 3 nitrogen and oxygen atoms in total. The fourth-order valence-electron chi connectivity index (χ4n) is 2.26. The molecule has 0 fully saturated rings. The maximum absolute atomic E-state index is 13.3. The Labute approximate surface area is 109 Å². The molecule has 3 rings (SSSR count). The SMILES string of the molecule is Cc1ccc(C(N)c2oc3ccc(F)cc3c2C)o1. The quantitative estimate of drug-likeness (QED) is 0.761. The lowest BCUT2D eigenvalue weighted by atomic mass is 10.1. The summed E-state index contributed by atoms with van der Waals surface area (Å²) in [7, 11) is 0. The molecule has 0 radical (unpaired) electrons. The second-order valence-electron chi connectivity index (χ2n) is 4.66. The van der Waals surface area contributed by atoms with Gasteiger partial charge in [0.15, 0.2) is 0 Å². The minimum absolute atomic E-state index is 0.287. The standard InChI is InChI=1S/C15H14FNO2/c1-8-3-5-13(18-8)14(17)15-9(2)11-7-10(16)4-6-12(11)19-15/h3-7,14H,17H2,1-2H3. The van der Waals surface area contributed by atoms with Crippen LogP contribution >= 0.6 is 0 Å². The molecule has 2 aromatic heterocycles. The van der Waals surface area contributed by atoms with Gasteiger partial charge in [0, 0.05) is 10.9 Å². The van der Waals surface area contributed by atoms with E-state index in [-0.39, 0.29) is 5.82 Å². The molecule has 1 unspecified atom stereocenters. The second-order valence-corrected chi connectivity index (χ2v) is 4.66. The predicted molar refractivity (Wildman–Crippen MR) is 70.4 cm³/mol. The number of hydrogen-bond donors (Lipinski definition) is 1. The predicted octanol–water partition coefficient (Wildman–Crippen LogP) is 3.83. The van der Waals surface area contributed by atoms with Crippen molar-refractivity contribution in [2.24, 2.45) is 5.73 Å². The van der Waals surface area contributed by atoms with Crippen LogP contribution in [0.4, 0.5) is 4.39 Å². The average Bonchev–Trinajstić information content (AvgIpc) is 2.94. The van der Waals surface area contributed by atoms with E-state index in [1.165, 1.54) is 12.1 Å². The molecule has 0 saturated heterocycles. The summed E-state index contributed by atoms with van der Waals surface area (Å²) in [6.07, 6.45) is 0.